The Morgan fingerprint density at radius 3 is 2.19 bits per heavy atom. The van der Waals surface area contributed by atoms with Crippen LogP contribution in [0, 0.1) is 0 Å². The van der Waals surface area contributed by atoms with Gasteiger partial charge in [0.2, 0.25) is 0 Å². The molecule has 0 aliphatic rings. The number of imide groups is 1. The molecule has 3 amide bonds. The van der Waals surface area contributed by atoms with Crippen LogP contribution in [0.1, 0.15) is 19.4 Å². The van der Waals surface area contributed by atoms with Gasteiger partial charge in [0.05, 0.1) is 0 Å². The Morgan fingerprint density at radius 2 is 1.67 bits per heavy atom. The number of hydrogen-bond donors (Lipinski definition) is 2. The molecular formula is C15H18N2O4. The molecule has 0 atom stereocenters. The molecule has 2 N–H and O–H groups in total. The number of carbonyl (C=O) groups is 3. The lowest BCUT2D eigenvalue weighted by Gasteiger charge is -2.17. The average Bonchev–Trinajstić information content (AvgIpc) is 2.46. The van der Waals surface area contributed by atoms with Gasteiger partial charge in [0.15, 0.2) is 0 Å². The number of benzene rings is 1. The van der Waals surface area contributed by atoms with Crippen molar-refractivity contribution in [2.45, 2.75) is 20.4 Å². The lowest BCUT2D eigenvalue weighted by atomic mass is 10.1. The van der Waals surface area contributed by atoms with Gasteiger partial charge < -0.3 is 10.0 Å². The van der Waals surface area contributed by atoms with Crippen LogP contribution in [-0.2, 0) is 16.1 Å². The largest absolute Gasteiger partial charge is 0.478 e. The highest BCUT2D eigenvalue weighted by Gasteiger charge is 2.17. The monoisotopic (exact) mass is 290 g/mol. The van der Waals surface area contributed by atoms with Crippen LogP contribution in [0.2, 0.25) is 0 Å². The first kappa shape index (κ1) is 16.4. The maximum absolute atomic E-state index is 11.9. The SMILES string of the molecule is CC(C(=O)O)=C(C)C(=O)NC(=O)N(C)Cc1ccccc1. The zero-order chi connectivity index (χ0) is 16.0. The van der Waals surface area contributed by atoms with Gasteiger partial charge in [-0.3, -0.25) is 10.1 Å². The maximum atomic E-state index is 11.9. The minimum atomic E-state index is -1.19. The highest BCUT2D eigenvalue weighted by Crippen LogP contribution is 2.05. The Hall–Kier alpha value is -2.63. The molecule has 0 aromatic heterocycles. The molecule has 0 spiro atoms. The van der Waals surface area contributed by atoms with E-state index < -0.39 is 17.9 Å². The van der Waals surface area contributed by atoms with Crippen molar-refractivity contribution in [3.8, 4) is 0 Å². The number of aliphatic carboxylic acids is 1. The van der Waals surface area contributed by atoms with E-state index in [1.807, 2.05) is 30.3 Å². The van der Waals surface area contributed by atoms with Crippen molar-refractivity contribution < 1.29 is 19.5 Å². The van der Waals surface area contributed by atoms with Gasteiger partial charge in [-0.25, -0.2) is 9.59 Å². The summed E-state index contributed by atoms with van der Waals surface area (Å²) in [6.07, 6.45) is 0. The Kier molecular flexibility index (Phi) is 5.66. The van der Waals surface area contributed by atoms with Crippen LogP contribution in [-0.4, -0.2) is 35.0 Å². The summed E-state index contributed by atoms with van der Waals surface area (Å²) < 4.78 is 0. The number of carboxylic acids is 1. The summed E-state index contributed by atoms with van der Waals surface area (Å²) >= 11 is 0. The van der Waals surface area contributed by atoms with E-state index in [0.717, 1.165) is 5.56 Å². The predicted octanol–water partition coefficient (Wildman–Crippen LogP) is 1.78. The zero-order valence-corrected chi connectivity index (χ0v) is 12.2. The van der Waals surface area contributed by atoms with Crippen molar-refractivity contribution in [2.24, 2.45) is 0 Å². The molecule has 1 rings (SSSR count). The second-order valence-corrected chi connectivity index (χ2v) is 4.66. The summed E-state index contributed by atoms with van der Waals surface area (Å²) in [5.41, 5.74) is 0.839. The number of rotatable bonds is 4. The fourth-order valence-corrected chi connectivity index (χ4v) is 1.55. The van der Waals surface area contributed by atoms with Gasteiger partial charge in [0.1, 0.15) is 0 Å². The van der Waals surface area contributed by atoms with E-state index >= 15 is 0 Å². The molecule has 112 valence electrons. The second kappa shape index (κ2) is 7.23. The van der Waals surface area contributed by atoms with Gasteiger partial charge in [-0.15, -0.1) is 0 Å². The van der Waals surface area contributed by atoms with E-state index in [9.17, 15) is 14.4 Å². The van der Waals surface area contributed by atoms with Crippen molar-refractivity contribution in [2.75, 3.05) is 7.05 Å². The minimum absolute atomic E-state index is 0.00367. The summed E-state index contributed by atoms with van der Waals surface area (Å²) in [6, 6.07) is 8.73. The van der Waals surface area contributed by atoms with E-state index in [-0.39, 0.29) is 11.1 Å². The molecule has 0 saturated heterocycles. The van der Waals surface area contributed by atoms with Crippen LogP contribution in [0.4, 0.5) is 4.79 Å². The predicted molar refractivity (Wildman–Crippen MR) is 77.5 cm³/mol. The molecule has 21 heavy (non-hydrogen) atoms. The summed E-state index contributed by atoms with van der Waals surface area (Å²) in [4.78, 5) is 35.8. The molecule has 0 saturated carbocycles. The molecular weight excluding hydrogens is 272 g/mol. The first-order chi connectivity index (χ1) is 9.82. The number of amides is 3. The van der Waals surface area contributed by atoms with E-state index in [4.69, 9.17) is 5.11 Å². The molecule has 0 fully saturated rings. The van der Waals surface area contributed by atoms with Gasteiger partial charge in [0.25, 0.3) is 5.91 Å². The van der Waals surface area contributed by atoms with Gasteiger partial charge in [0, 0.05) is 24.7 Å². The standard InChI is InChI=1S/C15H18N2O4/c1-10(11(2)14(19)20)13(18)16-15(21)17(3)9-12-7-5-4-6-8-12/h4-8H,9H2,1-3H3,(H,19,20)(H,16,18,21). The molecule has 6 nitrogen and oxygen atoms in total. The number of nitrogens with one attached hydrogen (secondary N) is 1. The van der Waals surface area contributed by atoms with Crippen LogP contribution in [0.15, 0.2) is 41.5 Å². The fraction of sp³-hybridized carbons (Fsp3) is 0.267. The first-order valence-corrected chi connectivity index (χ1v) is 6.34. The third kappa shape index (κ3) is 4.76. The third-order valence-electron chi connectivity index (χ3n) is 3.05. The number of nitrogens with zero attached hydrogens (tertiary/aromatic N) is 1. The molecule has 1 aromatic carbocycles. The van der Waals surface area contributed by atoms with Crippen molar-refractivity contribution in [3.05, 3.63) is 47.0 Å². The Labute approximate surface area is 123 Å². The number of urea groups is 1. The third-order valence-corrected chi connectivity index (χ3v) is 3.05. The lowest BCUT2D eigenvalue weighted by molar-refractivity contribution is -0.133. The van der Waals surface area contributed by atoms with E-state index in [1.165, 1.54) is 18.7 Å². The summed E-state index contributed by atoms with van der Waals surface area (Å²) in [5, 5.41) is 11.0. The van der Waals surface area contributed by atoms with E-state index in [1.54, 1.807) is 7.05 Å². The highest BCUT2D eigenvalue weighted by atomic mass is 16.4. The number of hydrogen-bond acceptors (Lipinski definition) is 3. The molecule has 0 unspecified atom stereocenters. The van der Waals surface area contributed by atoms with E-state index in [0.29, 0.717) is 6.54 Å². The Morgan fingerprint density at radius 1 is 1.10 bits per heavy atom. The number of carboxylic acid groups (broad SMARTS) is 1. The van der Waals surface area contributed by atoms with Crippen LogP contribution in [0.5, 0.6) is 0 Å². The van der Waals surface area contributed by atoms with Gasteiger partial charge in [-0.1, -0.05) is 30.3 Å². The quantitative estimate of drug-likeness (QED) is 0.827. The molecule has 0 aliphatic carbocycles. The van der Waals surface area contributed by atoms with Crippen LogP contribution in [0.3, 0.4) is 0 Å². The van der Waals surface area contributed by atoms with Gasteiger partial charge in [-0.05, 0) is 19.4 Å². The lowest BCUT2D eigenvalue weighted by Crippen LogP contribution is -2.41. The maximum Gasteiger partial charge on any atom is 0.331 e. The average molecular weight is 290 g/mol. The molecule has 1 aromatic rings. The molecule has 0 heterocycles. The van der Waals surface area contributed by atoms with Crippen LogP contribution < -0.4 is 5.32 Å². The molecule has 6 heteroatoms. The zero-order valence-electron chi connectivity index (χ0n) is 12.2. The summed E-state index contributed by atoms with van der Waals surface area (Å²) in [6.45, 7) is 3.03. The van der Waals surface area contributed by atoms with Crippen molar-refractivity contribution in [1.82, 2.24) is 10.2 Å². The summed E-state index contributed by atoms with van der Waals surface area (Å²) in [7, 11) is 1.55. The van der Waals surface area contributed by atoms with Crippen LogP contribution in [0.25, 0.3) is 0 Å². The molecule has 0 radical (unpaired) electrons. The normalized spacial score (nSPS) is 11.4. The van der Waals surface area contributed by atoms with Crippen LogP contribution >= 0.6 is 0 Å². The topological polar surface area (TPSA) is 86.7 Å². The molecule has 0 aliphatic heterocycles. The fourth-order valence-electron chi connectivity index (χ4n) is 1.55. The van der Waals surface area contributed by atoms with Gasteiger partial charge >= 0.3 is 12.0 Å². The number of carbonyl (C=O) groups excluding carboxylic acids is 2. The second-order valence-electron chi connectivity index (χ2n) is 4.66. The molecule has 0 bridgehead atoms. The minimum Gasteiger partial charge on any atom is -0.478 e. The first-order valence-electron chi connectivity index (χ1n) is 6.34. The van der Waals surface area contributed by atoms with Crippen molar-refractivity contribution in [3.63, 3.8) is 0 Å². The Bertz CT molecular complexity index is 579. The Balaban J connectivity index is 2.66. The van der Waals surface area contributed by atoms with Crippen molar-refractivity contribution in [1.29, 1.82) is 0 Å². The van der Waals surface area contributed by atoms with E-state index in [2.05, 4.69) is 5.32 Å². The van der Waals surface area contributed by atoms with Crippen molar-refractivity contribution >= 4 is 17.9 Å². The smallest absolute Gasteiger partial charge is 0.331 e. The van der Waals surface area contributed by atoms with Gasteiger partial charge in [-0.2, -0.15) is 0 Å². The summed E-state index contributed by atoms with van der Waals surface area (Å²) in [5.74, 6) is -1.90. The highest BCUT2D eigenvalue weighted by molar-refractivity contribution is 6.07.